The number of hydrogen-bond donors (Lipinski definition) is 0. The Morgan fingerprint density at radius 1 is 1.26 bits per heavy atom. The van der Waals surface area contributed by atoms with Crippen LogP contribution in [0.1, 0.15) is 50.8 Å². The van der Waals surface area contributed by atoms with Crippen LogP contribution in [0.25, 0.3) is 17.0 Å². The van der Waals surface area contributed by atoms with E-state index in [1.807, 2.05) is 0 Å². The van der Waals surface area contributed by atoms with Crippen molar-refractivity contribution in [2.75, 3.05) is 0 Å². The Hall–Kier alpha value is -1.63. The second-order valence-electron chi connectivity index (χ2n) is 5.88. The Morgan fingerprint density at radius 2 is 2.11 bits per heavy atom. The van der Waals surface area contributed by atoms with Crippen molar-refractivity contribution in [1.82, 2.24) is 4.98 Å². The highest BCUT2D eigenvalue weighted by Gasteiger charge is 2.30. The van der Waals surface area contributed by atoms with Crippen LogP contribution in [-0.4, -0.2) is 4.98 Å². The van der Waals surface area contributed by atoms with Gasteiger partial charge in [-0.05, 0) is 42.0 Å². The number of hydrogen-bond acceptors (Lipinski definition) is 1. The van der Waals surface area contributed by atoms with Crippen LogP contribution in [0.3, 0.4) is 0 Å². The minimum Gasteiger partial charge on any atom is -0.248 e. The van der Waals surface area contributed by atoms with Gasteiger partial charge in [0.2, 0.25) is 0 Å². The maximum Gasteiger partial charge on any atom is 0.0709 e. The molecule has 1 heterocycles. The fraction of sp³-hybridized carbons (Fsp3) is 0.389. The summed E-state index contributed by atoms with van der Waals surface area (Å²) in [7, 11) is 0. The van der Waals surface area contributed by atoms with Crippen molar-refractivity contribution in [1.29, 1.82) is 0 Å². The average molecular weight is 251 g/mol. The third-order valence-electron chi connectivity index (χ3n) is 4.33. The Balaban J connectivity index is 2.13. The highest BCUT2D eigenvalue weighted by Crippen LogP contribution is 2.39. The van der Waals surface area contributed by atoms with Crippen LogP contribution >= 0.6 is 0 Å². The molecule has 3 rings (SSSR count). The molecule has 1 unspecified atom stereocenters. The van der Waals surface area contributed by atoms with Gasteiger partial charge in [0.05, 0.1) is 11.2 Å². The first kappa shape index (κ1) is 12.4. The van der Waals surface area contributed by atoms with Crippen molar-refractivity contribution in [3.63, 3.8) is 0 Å². The number of nitrogens with zero attached hydrogens (tertiary/aromatic N) is 1. The van der Waals surface area contributed by atoms with Crippen molar-refractivity contribution in [3.8, 4) is 0 Å². The Labute approximate surface area is 115 Å². The van der Waals surface area contributed by atoms with Crippen LogP contribution in [0.4, 0.5) is 0 Å². The number of unbranched alkanes of at least 4 members (excludes halogenated alkanes) is 1. The maximum atomic E-state index is 4.83. The average Bonchev–Trinajstić information content (AvgIpc) is 2.44. The van der Waals surface area contributed by atoms with E-state index in [1.165, 1.54) is 35.9 Å². The normalized spacial score (nSPS) is 21.6. The van der Waals surface area contributed by atoms with Crippen LogP contribution in [0.2, 0.25) is 0 Å². The molecule has 1 aromatic heterocycles. The van der Waals surface area contributed by atoms with E-state index in [0.29, 0.717) is 0 Å². The van der Waals surface area contributed by atoms with E-state index in [-0.39, 0.29) is 5.41 Å². The van der Waals surface area contributed by atoms with Gasteiger partial charge >= 0.3 is 0 Å². The van der Waals surface area contributed by atoms with Crippen LogP contribution < -0.4 is 0 Å². The molecule has 0 amide bonds. The lowest BCUT2D eigenvalue weighted by atomic mass is 9.72. The summed E-state index contributed by atoms with van der Waals surface area (Å²) in [6.45, 7) is 4.66. The first-order valence-corrected chi connectivity index (χ1v) is 7.30. The van der Waals surface area contributed by atoms with Crippen molar-refractivity contribution in [2.45, 2.75) is 44.9 Å². The van der Waals surface area contributed by atoms with Crippen molar-refractivity contribution >= 4 is 17.0 Å². The molecule has 1 aromatic carbocycles. The molecule has 0 radical (unpaired) electrons. The molecule has 1 atom stereocenters. The van der Waals surface area contributed by atoms with Gasteiger partial charge in [-0.1, -0.05) is 51.0 Å². The topological polar surface area (TPSA) is 12.9 Å². The monoisotopic (exact) mass is 251 g/mol. The summed E-state index contributed by atoms with van der Waals surface area (Å²) in [6.07, 6.45) is 9.42. The van der Waals surface area contributed by atoms with Gasteiger partial charge in [0.15, 0.2) is 0 Å². The van der Waals surface area contributed by atoms with Gasteiger partial charge in [-0.2, -0.15) is 0 Å². The van der Waals surface area contributed by atoms with E-state index < -0.39 is 0 Å². The van der Waals surface area contributed by atoms with E-state index >= 15 is 0 Å². The number of aromatic nitrogens is 1. The molecule has 19 heavy (non-hydrogen) atoms. The predicted molar refractivity (Wildman–Crippen MR) is 82.3 cm³/mol. The molecule has 1 aliphatic rings. The largest absolute Gasteiger partial charge is 0.248 e. The summed E-state index contributed by atoms with van der Waals surface area (Å²) in [5, 5.41) is 1.26. The van der Waals surface area contributed by atoms with Crippen LogP contribution in [-0.2, 0) is 5.41 Å². The second kappa shape index (κ2) is 4.80. The number of rotatable bonds is 3. The zero-order chi connectivity index (χ0) is 13.3. The van der Waals surface area contributed by atoms with Gasteiger partial charge in [-0.25, -0.2) is 4.98 Å². The van der Waals surface area contributed by atoms with Gasteiger partial charge in [-0.3, -0.25) is 0 Å². The molecule has 0 aliphatic heterocycles. The predicted octanol–water partition coefficient (Wildman–Crippen LogP) is 5.10. The fourth-order valence-electron chi connectivity index (χ4n) is 3.09. The third-order valence-corrected chi connectivity index (χ3v) is 4.33. The fourth-order valence-corrected chi connectivity index (χ4v) is 3.09. The van der Waals surface area contributed by atoms with E-state index in [0.717, 1.165) is 11.9 Å². The number of benzene rings is 1. The quantitative estimate of drug-likeness (QED) is 0.739. The van der Waals surface area contributed by atoms with E-state index in [1.54, 1.807) is 0 Å². The Bertz CT molecular complexity index is 627. The van der Waals surface area contributed by atoms with Crippen LogP contribution in [0.15, 0.2) is 36.4 Å². The summed E-state index contributed by atoms with van der Waals surface area (Å²) in [6, 6.07) is 10.8. The van der Waals surface area contributed by atoms with Gasteiger partial charge < -0.3 is 0 Å². The third kappa shape index (κ3) is 2.18. The zero-order valence-electron chi connectivity index (χ0n) is 11.8. The smallest absolute Gasteiger partial charge is 0.0709 e. The van der Waals surface area contributed by atoms with Gasteiger partial charge in [0.1, 0.15) is 0 Å². The van der Waals surface area contributed by atoms with E-state index in [9.17, 15) is 0 Å². The number of para-hydroxylation sites is 1. The van der Waals surface area contributed by atoms with Gasteiger partial charge in [0.25, 0.3) is 0 Å². The van der Waals surface area contributed by atoms with Crippen molar-refractivity contribution < 1.29 is 0 Å². The van der Waals surface area contributed by atoms with Crippen molar-refractivity contribution in [2.24, 2.45) is 0 Å². The molecule has 0 saturated heterocycles. The highest BCUT2D eigenvalue weighted by molar-refractivity contribution is 5.81. The number of fused-ring (bicyclic) bond motifs is 2. The molecular weight excluding hydrogens is 230 g/mol. The summed E-state index contributed by atoms with van der Waals surface area (Å²) >= 11 is 0. The minimum absolute atomic E-state index is 0.261. The standard InChI is InChI=1S/C18H21N/c1-3-4-11-18(2)12-7-10-17-15(18)13-14-8-5-6-9-16(14)19-17/h5-10,13H,3-4,11-12H2,1-2H3. The molecular formula is C18H21N. The van der Waals surface area contributed by atoms with Crippen LogP contribution in [0, 0.1) is 0 Å². The number of allylic oxidation sites excluding steroid dienone is 1. The summed E-state index contributed by atoms with van der Waals surface area (Å²) in [5.74, 6) is 0. The molecule has 2 aromatic rings. The molecule has 0 bridgehead atoms. The molecule has 1 nitrogen and oxygen atoms in total. The number of pyridine rings is 1. The zero-order valence-corrected chi connectivity index (χ0v) is 11.8. The molecule has 0 N–H and O–H groups in total. The molecule has 1 heteroatoms. The first-order valence-electron chi connectivity index (χ1n) is 7.30. The maximum absolute atomic E-state index is 4.83. The van der Waals surface area contributed by atoms with Crippen LogP contribution in [0.5, 0.6) is 0 Å². The first-order chi connectivity index (χ1) is 9.23. The Morgan fingerprint density at radius 3 is 2.95 bits per heavy atom. The lowest BCUT2D eigenvalue weighted by Crippen LogP contribution is -2.25. The second-order valence-corrected chi connectivity index (χ2v) is 5.88. The lowest BCUT2D eigenvalue weighted by Gasteiger charge is -2.33. The summed E-state index contributed by atoms with van der Waals surface area (Å²) in [4.78, 5) is 4.83. The molecule has 0 saturated carbocycles. The Kier molecular flexibility index (Phi) is 3.14. The molecule has 1 aliphatic carbocycles. The van der Waals surface area contributed by atoms with E-state index in [4.69, 9.17) is 4.98 Å². The molecule has 0 spiro atoms. The summed E-state index contributed by atoms with van der Waals surface area (Å²) in [5.41, 5.74) is 3.97. The molecule has 0 fully saturated rings. The van der Waals surface area contributed by atoms with Gasteiger partial charge in [0, 0.05) is 5.39 Å². The van der Waals surface area contributed by atoms with Crippen molar-refractivity contribution in [3.05, 3.63) is 47.7 Å². The minimum atomic E-state index is 0.261. The lowest BCUT2D eigenvalue weighted by molar-refractivity contribution is 0.417. The van der Waals surface area contributed by atoms with E-state index in [2.05, 4.69) is 56.3 Å². The van der Waals surface area contributed by atoms with Gasteiger partial charge in [-0.15, -0.1) is 0 Å². The summed E-state index contributed by atoms with van der Waals surface area (Å²) < 4.78 is 0. The molecule has 98 valence electrons. The SMILES string of the molecule is CCCCC1(C)CC=Cc2nc3ccccc3cc21. The highest BCUT2D eigenvalue weighted by atomic mass is 14.7.